The Bertz CT molecular complexity index is 2760. The smallest absolute Gasteiger partial charge is 0.143 e. The molecule has 0 aliphatic rings. The topological polar surface area (TPSA) is 13.1 Å². The number of rotatable bonds is 3. The van der Waals surface area contributed by atoms with E-state index < -0.39 is 0 Å². The molecule has 0 fully saturated rings. The van der Waals surface area contributed by atoms with Gasteiger partial charge in [-0.1, -0.05) is 146 Å². The molecule has 0 spiro atoms. The van der Waals surface area contributed by atoms with Crippen LogP contribution in [-0.4, -0.2) is 0 Å². The fourth-order valence-corrected chi connectivity index (χ4v) is 7.70. The fourth-order valence-electron chi connectivity index (χ4n) is 7.70. The van der Waals surface area contributed by atoms with Crippen LogP contribution < -0.4 is 0 Å². The van der Waals surface area contributed by atoms with Gasteiger partial charge in [0.05, 0.1) is 0 Å². The Morgan fingerprint density at radius 3 is 1.49 bits per heavy atom. The van der Waals surface area contributed by atoms with Crippen molar-refractivity contribution in [3.8, 4) is 33.4 Å². The molecular formula is C46H28O. The van der Waals surface area contributed by atoms with Crippen LogP contribution in [0.1, 0.15) is 0 Å². The lowest BCUT2D eigenvalue weighted by molar-refractivity contribution is 0.673. The number of fused-ring (bicyclic) bond motifs is 9. The Morgan fingerprint density at radius 2 is 0.809 bits per heavy atom. The van der Waals surface area contributed by atoms with Crippen molar-refractivity contribution in [1.82, 2.24) is 0 Å². The minimum atomic E-state index is 0.933. The molecule has 47 heavy (non-hydrogen) atoms. The lowest BCUT2D eigenvalue weighted by Gasteiger charge is -2.18. The highest BCUT2D eigenvalue weighted by atomic mass is 16.3. The molecule has 0 unspecified atom stereocenters. The monoisotopic (exact) mass is 596 g/mol. The molecule has 9 aromatic carbocycles. The molecule has 1 heteroatoms. The van der Waals surface area contributed by atoms with Gasteiger partial charge >= 0.3 is 0 Å². The lowest BCUT2D eigenvalue weighted by Crippen LogP contribution is -1.90. The predicted octanol–water partition coefficient (Wildman–Crippen LogP) is 13.2. The van der Waals surface area contributed by atoms with E-state index in [0.29, 0.717) is 0 Å². The number of benzene rings is 9. The highest BCUT2D eigenvalue weighted by molar-refractivity contribution is 6.24. The number of furan rings is 1. The Balaban J connectivity index is 1.10. The third-order valence-electron chi connectivity index (χ3n) is 9.84. The standard InChI is InChI=1S/C46H28O/c1-2-11-31(12-3-1)43-37-14-6-8-16-39(37)44(40-17-9-7-15-38(40)43)32-20-18-29(19-21-32)33-22-25-36-34(28-33)23-26-41-45-35-13-5-4-10-30(35)24-27-42(45)47-46(36)41/h1-28H. The zero-order valence-corrected chi connectivity index (χ0v) is 25.6. The molecule has 0 bridgehead atoms. The molecule has 0 aliphatic carbocycles. The van der Waals surface area contributed by atoms with Crippen LogP contribution in [0.25, 0.3) is 98.4 Å². The molecule has 218 valence electrons. The minimum absolute atomic E-state index is 0.933. The van der Waals surface area contributed by atoms with Crippen molar-refractivity contribution in [3.63, 3.8) is 0 Å². The molecule has 0 radical (unpaired) electrons. The second-order valence-corrected chi connectivity index (χ2v) is 12.4. The molecule has 0 N–H and O–H groups in total. The third kappa shape index (κ3) is 3.97. The van der Waals surface area contributed by atoms with Crippen LogP contribution in [0.15, 0.2) is 174 Å². The Hall–Kier alpha value is -6.18. The van der Waals surface area contributed by atoms with Crippen molar-refractivity contribution in [3.05, 3.63) is 170 Å². The highest BCUT2D eigenvalue weighted by Gasteiger charge is 2.17. The summed E-state index contributed by atoms with van der Waals surface area (Å²) in [5, 5.41) is 12.2. The summed E-state index contributed by atoms with van der Waals surface area (Å²) in [4.78, 5) is 0. The first-order chi connectivity index (χ1) is 23.3. The molecule has 0 aliphatic heterocycles. The Morgan fingerprint density at radius 1 is 0.298 bits per heavy atom. The predicted molar refractivity (Wildman–Crippen MR) is 200 cm³/mol. The maximum atomic E-state index is 6.49. The van der Waals surface area contributed by atoms with Gasteiger partial charge in [-0.25, -0.2) is 0 Å². The van der Waals surface area contributed by atoms with E-state index in [4.69, 9.17) is 4.42 Å². The lowest BCUT2D eigenvalue weighted by atomic mass is 9.85. The summed E-state index contributed by atoms with van der Waals surface area (Å²) in [5.74, 6) is 0. The summed E-state index contributed by atoms with van der Waals surface area (Å²) in [5.41, 5.74) is 9.31. The van der Waals surface area contributed by atoms with Crippen LogP contribution in [0.5, 0.6) is 0 Å². The van der Waals surface area contributed by atoms with Crippen molar-refractivity contribution in [1.29, 1.82) is 0 Å². The van der Waals surface area contributed by atoms with Crippen molar-refractivity contribution < 1.29 is 4.42 Å². The maximum absolute atomic E-state index is 6.49. The van der Waals surface area contributed by atoms with Gasteiger partial charge in [0.1, 0.15) is 11.2 Å². The van der Waals surface area contributed by atoms with Gasteiger partial charge in [0.25, 0.3) is 0 Å². The molecule has 0 amide bonds. The first kappa shape index (κ1) is 26.1. The first-order valence-corrected chi connectivity index (χ1v) is 16.2. The van der Waals surface area contributed by atoms with Crippen molar-refractivity contribution in [2.45, 2.75) is 0 Å². The molecule has 1 heterocycles. The SMILES string of the molecule is c1ccc(-c2c3ccccc3c(-c3ccc(-c4ccc5c(ccc6c5oc5ccc7ccccc7c56)c4)cc3)c3ccccc23)cc1. The van der Waals surface area contributed by atoms with E-state index in [1.807, 2.05) is 0 Å². The zero-order valence-electron chi connectivity index (χ0n) is 25.6. The van der Waals surface area contributed by atoms with Gasteiger partial charge in [0.15, 0.2) is 0 Å². The van der Waals surface area contributed by atoms with Gasteiger partial charge in [-0.15, -0.1) is 0 Å². The molecule has 0 atom stereocenters. The molecule has 1 nitrogen and oxygen atoms in total. The average Bonchev–Trinajstić information content (AvgIpc) is 3.54. The molecule has 0 saturated heterocycles. The second kappa shape index (κ2) is 10.2. The van der Waals surface area contributed by atoms with Gasteiger partial charge in [-0.05, 0) is 95.3 Å². The maximum Gasteiger partial charge on any atom is 0.143 e. The largest absolute Gasteiger partial charge is 0.455 e. The van der Waals surface area contributed by atoms with E-state index in [1.54, 1.807) is 0 Å². The van der Waals surface area contributed by atoms with E-state index in [1.165, 1.54) is 81.9 Å². The summed E-state index contributed by atoms with van der Waals surface area (Å²) >= 11 is 0. The Labute approximate surface area is 271 Å². The summed E-state index contributed by atoms with van der Waals surface area (Å²) in [6.45, 7) is 0. The van der Waals surface area contributed by atoms with Crippen molar-refractivity contribution in [2.75, 3.05) is 0 Å². The average molecular weight is 597 g/mol. The van der Waals surface area contributed by atoms with E-state index in [-0.39, 0.29) is 0 Å². The number of hydrogen-bond donors (Lipinski definition) is 0. The van der Waals surface area contributed by atoms with E-state index in [9.17, 15) is 0 Å². The fraction of sp³-hybridized carbons (Fsp3) is 0. The van der Waals surface area contributed by atoms with Crippen LogP contribution in [0, 0.1) is 0 Å². The van der Waals surface area contributed by atoms with Gasteiger partial charge in [-0.3, -0.25) is 0 Å². The molecular weight excluding hydrogens is 569 g/mol. The summed E-state index contributed by atoms with van der Waals surface area (Å²) < 4.78 is 6.49. The first-order valence-electron chi connectivity index (χ1n) is 16.2. The Kier molecular flexibility index (Phi) is 5.64. The van der Waals surface area contributed by atoms with Gasteiger partial charge in [0.2, 0.25) is 0 Å². The highest BCUT2D eigenvalue weighted by Crippen LogP contribution is 2.44. The summed E-state index contributed by atoms with van der Waals surface area (Å²) in [6, 6.07) is 61.5. The van der Waals surface area contributed by atoms with Crippen LogP contribution in [-0.2, 0) is 0 Å². The van der Waals surface area contributed by atoms with Gasteiger partial charge in [-0.2, -0.15) is 0 Å². The van der Waals surface area contributed by atoms with Gasteiger partial charge in [0, 0.05) is 16.2 Å². The van der Waals surface area contributed by atoms with E-state index in [2.05, 4.69) is 170 Å². The normalized spacial score (nSPS) is 11.8. The quantitative estimate of drug-likeness (QED) is 0.185. The van der Waals surface area contributed by atoms with E-state index >= 15 is 0 Å². The van der Waals surface area contributed by atoms with Crippen LogP contribution in [0.4, 0.5) is 0 Å². The minimum Gasteiger partial charge on any atom is -0.455 e. The molecule has 0 saturated carbocycles. The molecule has 10 rings (SSSR count). The van der Waals surface area contributed by atoms with Crippen LogP contribution >= 0.6 is 0 Å². The molecule has 10 aromatic rings. The summed E-state index contributed by atoms with van der Waals surface area (Å²) in [6.07, 6.45) is 0. The van der Waals surface area contributed by atoms with Crippen molar-refractivity contribution >= 4 is 65.0 Å². The van der Waals surface area contributed by atoms with Gasteiger partial charge < -0.3 is 4.42 Å². The molecule has 1 aromatic heterocycles. The van der Waals surface area contributed by atoms with E-state index in [0.717, 1.165) is 16.6 Å². The zero-order chi connectivity index (χ0) is 30.9. The van der Waals surface area contributed by atoms with Crippen LogP contribution in [0.2, 0.25) is 0 Å². The van der Waals surface area contributed by atoms with Crippen LogP contribution in [0.3, 0.4) is 0 Å². The summed E-state index contributed by atoms with van der Waals surface area (Å²) in [7, 11) is 0. The number of hydrogen-bond acceptors (Lipinski definition) is 1. The second-order valence-electron chi connectivity index (χ2n) is 12.4. The third-order valence-corrected chi connectivity index (χ3v) is 9.84. The van der Waals surface area contributed by atoms with Crippen molar-refractivity contribution in [2.24, 2.45) is 0 Å².